The number of anilines is 1. The number of hydrogen-bond donors (Lipinski definition) is 2. The third kappa shape index (κ3) is 3.87. The van der Waals surface area contributed by atoms with Crippen LogP contribution in [0.5, 0.6) is 0 Å². The molecule has 8 heteroatoms. The van der Waals surface area contributed by atoms with E-state index in [1.807, 2.05) is 13.8 Å². The molecule has 2 N–H and O–H groups in total. The van der Waals surface area contributed by atoms with E-state index in [0.29, 0.717) is 28.1 Å². The summed E-state index contributed by atoms with van der Waals surface area (Å²) in [6.45, 7) is 3.54. The molecule has 7 nitrogen and oxygen atoms in total. The number of halogens is 1. The molecule has 4 rings (SSSR count). The Morgan fingerprint density at radius 3 is 2.56 bits per heavy atom. The molecule has 0 unspecified atom stereocenters. The fraction of sp³-hybridized carbons (Fsp3) is 0.208. The van der Waals surface area contributed by atoms with Crippen molar-refractivity contribution in [1.82, 2.24) is 5.32 Å². The monoisotopic (exact) mass is 436 g/mol. The first-order valence-corrected chi connectivity index (χ1v) is 9.92. The van der Waals surface area contributed by atoms with Crippen LogP contribution in [0.4, 0.5) is 10.1 Å². The highest BCUT2D eigenvalue weighted by Gasteiger charge is 2.38. The molecule has 0 bridgehead atoms. The molecule has 164 valence electrons. The number of allylic oxidation sites excluding steroid dienone is 1. The zero-order valence-electron chi connectivity index (χ0n) is 17.7. The van der Waals surface area contributed by atoms with Gasteiger partial charge >= 0.3 is 5.97 Å². The number of hydrogen-bond acceptors (Lipinski definition) is 5. The van der Waals surface area contributed by atoms with E-state index in [4.69, 9.17) is 4.74 Å². The standard InChI is InChI=1S/C24H21FN2O5/c1-24(2)17(13-4-6-14(7-5-13)22(29)26-12-20(28)31-3)11-19(32-24)21-16-9-8-15(25)10-18(16)27-23(21)30/h4-11H,12H2,1-3H3,(H,26,29)(H,27,30)/b21-19-. The molecule has 0 saturated carbocycles. The number of carbonyl (C=O) groups excluding carboxylic acids is 3. The molecular formula is C24H21FN2O5. The van der Waals surface area contributed by atoms with Crippen molar-refractivity contribution in [2.45, 2.75) is 19.4 Å². The van der Waals surface area contributed by atoms with Gasteiger partial charge in [-0.2, -0.15) is 0 Å². The van der Waals surface area contributed by atoms with Gasteiger partial charge in [0.05, 0.1) is 18.4 Å². The Morgan fingerprint density at radius 1 is 1.16 bits per heavy atom. The maximum atomic E-state index is 13.5. The van der Waals surface area contributed by atoms with Gasteiger partial charge in [-0.05, 0) is 55.8 Å². The molecule has 32 heavy (non-hydrogen) atoms. The van der Waals surface area contributed by atoms with Crippen LogP contribution in [0.1, 0.15) is 35.3 Å². The van der Waals surface area contributed by atoms with Crippen molar-refractivity contribution in [1.29, 1.82) is 0 Å². The summed E-state index contributed by atoms with van der Waals surface area (Å²) in [7, 11) is 1.25. The second-order valence-electron chi connectivity index (χ2n) is 7.89. The molecule has 0 spiro atoms. The van der Waals surface area contributed by atoms with Gasteiger partial charge in [0.15, 0.2) is 0 Å². The largest absolute Gasteiger partial charge is 0.482 e. The van der Waals surface area contributed by atoms with Crippen molar-refractivity contribution < 1.29 is 28.2 Å². The average molecular weight is 436 g/mol. The predicted octanol–water partition coefficient (Wildman–Crippen LogP) is 3.28. The third-order valence-electron chi connectivity index (χ3n) is 5.34. The second-order valence-corrected chi connectivity index (χ2v) is 7.89. The minimum absolute atomic E-state index is 0.215. The Balaban J connectivity index is 1.64. The van der Waals surface area contributed by atoms with Gasteiger partial charge in [-0.3, -0.25) is 14.4 Å². The molecule has 2 aromatic rings. The van der Waals surface area contributed by atoms with E-state index < -0.39 is 23.3 Å². The van der Waals surface area contributed by atoms with E-state index in [1.54, 1.807) is 36.4 Å². The van der Waals surface area contributed by atoms with Gasteiger partial charge in [0, 0.05) is 16.7 Å². The average Bonchev–Trinajstić information content (AvgIpc) is 3.25. The number of esters is 1. The van der Waals surface area contributed by atoms with E-state index in [1.165, 1.54) is 19.2 Å². The second kappa shape index (κ2) is 7.96. The lowest BCUT2D eigenvalue weighted by Gasteiger charge is -2.23. The Bertz CT molecular complexity index is 1200. The zero-order chi connectivity index (χ0) is 23.0. The molecule has 0 aromatic heterocycles. The number of fused-ring (bicyclic) bond motifs is 1. The van der Waals surface area contributed by atoms with Crippen molar-refractivity contribution in [3.05, 3.63) is 76.8 Å². The molecule has 0 atom stereocenters. The fourth-order valence-corrected chi connectivity index (χ4v) is 3.74. The van der Waals surface area contributed by atoms with Crippen LogP contribution < -0.4 is 10.6 Å². The van der Waals surface area contributed by atoms with Crippen LogP contribution in [0.3, 0.4) is 0 Å². The minimum atomic E-state index is -0.736. The lowest BCUT2D eigenvalue weighted by Crippen LogP contribution is -2.30. The predicted molar refractivity (Wildman–Crippen MR) is 116 cm³/mol. The molecule has 2 aliphatic heterocycles. The van der Waals surface area contributed by atoms with Crippen LogP contribution in [0.2, 0.25) is 0 Å². The quantitative estimate of drug-likeness (QED) is 0.567. The summed E-state index contributed by atoms with van der Waals surface area (Å²) in [5.41, 5.74) is 2.62. The van der Waals surface area contributed by atoms with Crippen molar-refractivity contribution in [2.24, 2.45) is 0 Å². The number of rotatable bonds is 4. The van der Waals surface area contributed by atoms with E-state index in [0.717, 1.165) is 11.1 Å². The molecule has 2 amide bonds. The van der Waals surface area contributed by atoms with Gasteiger partial charge in [-0.15, -0.1) is 0 Å². The number of nitrogens with one attached hydrogen (secondary N) is 2. The lowest BCUT2D eigenvalue weighted by atomic mass is 9.91. The Hall–Kier alpha value is -3.94. The van der Waals surface area contributed by atoms with Crippen molar-refractivity contribution in [3.63, 3.8) is 0 Å². The van der Waals surface area contributed by atoms with Crippen LogP contribution in [0, 0.1) is 5.82 Å². The molecule has 0 radical (unpaired) electrons. The number of carbonyl (C=O) groups is 3. The van der Waals surface area contributed by atoms with Crippen LogP contribution in [0.15, 0.2) is 54.3 Å². The van der Waals surface area contributed by atoms with E-state index in [9.17, 15) is 18.8 Å². The van der Waals surface area contributed by atoms with E-state index in [2.05, 4.69) is 15.4 Å². The summed E-state index contributed by atoms with van der Waals surface area (Å²) in [6, 6.07) is 11.0. The number of methoxy groups -OCH3 is 1. The maximum Gasteiger partial charge on any atom is 0.325 e. The number of amides is 2. The van der Waals surface area contributed by atoms with Gasteiger partial charge in [0.25, 0.3) is 11.8 Å². The van der Waals surface area contributed by atoms with Crippen molar-refractivity contribution >= 4 is 34.6 Å². The smallest absolute Gasteiger partial charge is 0.325 e. The summed E-state index contributed by atoms with van der Waals surface area (Å²) >= 11 is 0. The van der Waals surface area contributed by atoms with Crippen molar-refractivity contribution in [3.8, 4) is 0 Å². The first-order valence-electron chi connectivity index (χ1n) is 9.92. The van der Waals surface area contributed by atoms with Crippen LogP contribution >= 0.6 is 0 Å². The normalized spacial score (nSPS) is 18.4. The van der Waals surface area contributed by atoms with Crippen LogP contribution in [-0.4, -0.2) is 37.0 Å². The first kappa shape index (κ1) is 21.3. The SMILES string of the molecule is COC(=O)CNC(=O)c1ccc(C2=C/C(=C3/C(=O)Nc4cc(F)ccc43)OC2(C)C)cc1. The van der Waals surface area contributed by atoms with E-state index in [-0.39, 0.29) is 12.5 Å². The minimum Gasteiger partial charge on any atom is -0.482 e. The van der Waals surface area contributed by atoms with Crippen LogP contribution in [0.25, 0.3) is 11.1 Å². The highest BCUT2D eigenvalue weighted by Crippen LogP contribution is 2.44. The van der Waals surface area contributed by atoms with E-state index >= 15 is 0 Å². The summed E-state index contributed by atoms with van der Waals surface area (Å²) in [4.78, 5) is 35.9. The summed E-state index contributed by atoms with van der Waals surface area (Å²) in [5.74, 6) is -1.33. The van der Waals surface area contributed by atoms with Crippen LogP contribution in [-0.2, 0) is 19.1 Å². The van der Waals surface area contributed by atoms with Gasteiger partial charge in [0.1, 0.15) is 23.7 Å². The van der Waals surface area contributed by atoms with Crippen molar-refractivity contribution in [2.75, 3.05) is 19.0 Å². The molecule has 2 aromatic carbocycles. The molecule has 2 heterocycles. The van der Waals surface area contributed by atoms with Gasteiger partial charge in [-0.1, -0.05) is 12.1 Å². The van der Waals surface area contributed by atoms with Gasteiger partial charge in [-0.25, -0.2) is 4.39 Å². The molecule has 2 aliphatic rings. The maximum absolute atomic E-state index is 13.5. The Kier molecular flexibility index (Phi) is 5.30. The molecular weight excluding hydrogens is 415 g/mol. The highest BCUT2D eigenvalue weighted by molar-refractivity contribution is 6.32. The van der Waals surface area contributed by atoms with Gasteiger partial charge < -0.3 is 20.1 Å². The lowest BCUT2D eigenvalue weighted by molar-refractivity contribution is -0.139. The molecule has 0 aliphatic carbocycles. The topological polar surface area (TPSA) is 93.7 Å². The molecule has 0 saturated heterocycles. The fourth-order valence-electron chi connectivity index (χ4n) is 3.74. The molecule has 0 fully saturated rings. The number of benzene rings is 2. The number of ether oxygens (including phenoxy) is 2. The summed E-state index contributed by atoms with van der Waals surface area (Å²) < 4.78 is 24.2. The summed E-state index contributed by atoms with van der Waals surface area (Å²) in [6.07, 6.45) is 1.79. The first-order chi connectivity index (χ1) is 15.2. The highest BCUT2D eigenvalue weighted by atomic mass is 19.1. The van der Waals surface area contributed by atoms with Gasteiger partial charge in [0.2, 0.25) is 0 Å². The third-order valence-corrected chi connectivity index (χ3v) is 5.34. The Labute approximate surface area is 183 Å². The Morgan fingerprint density at radius 2 is 1.88 bits per heavy atom. The summed E-state index contributed by atoms with van der Waals surface area (Å²) in [5, 5.41) is 5.15. The zero-order valence-corrected chi connectivity index (χ0v) is 17.7.